The van der Waals surface area contributed by atoms with E-state index in [1.165, 1.54) is 0 Å². The van der Waals surface area contributed by atoms with Crippen LogP contribution in [0.4, 0.5) is 0 Å². The van der Waals surface area contributed by atoms with Crippen LogP contribution in [0.1, 0.15) is 34.1 Å². The van der Waals surface area contributed by atoms with E-state index in [0.717, 1.165) is 0 Å². The minimum absolute atomic E-state index is 0.0353. The zero-order chi connectivity index (χ0) is 17.6. The Balaban J connectivity index is 1.50. The molecule has 1 aliphatic rings. The van der Waals surface area contributed by atoms with Crippen LogP contribution < -0.4 is 0 Å². The van der Waals surface area contributed by atoms with Gasteiger partial charge in [0.1, 0.15) is 6.61 Å². The Hall–Kier alpha value is -2.66. The van der Waals surface area contributed by atoms with Crippen molar-refractivity contribution in [2.45, 2.75) is 25.7 Å². The molecule has 5 heteroatoms. The van der Waals surface area contributed by atoms with Crippen LogP contribution in [-0.2, 0) is 14.2 Å². The third-order valence-electron chi connectivity index (χ3n) is 4.07. The number of esters is 2. The number of benzene rings is 2. The van der Waals surface area contributed by atoms with E-state index < -0.39 is 12.3 Å². The molecule has 2 aromatic carbocycles. The minimum Gasteiger partial charge on any atom is -0.459 e. The summed E-state index contributed by atoms with van der Waals surface area (Å²) in [7, 11) is 0. The van der Waals surface area contributed by atoms with E-state index in [1.807, 2.05) is 19.1 Å². The lowest BCUT2D eigenvalue weighted by Gasteiger charge is -2.16. The SMILES string of the molecule is CC1CC(COC(=O)c2ccccc2)OC1OC(=O)c1ccccc1. The minimum atomic E-state index is -0.631. The van der Waals surface area contributed by atoms with E-state index in [9.17, 15) is 9.59 Å². The van der Waals surface area contributed by atoms with E-state index in [-0.39, 0.29) is 24.6 Å². The van der Waals surface area contributed by atoms with Crippen LogP contribution >= 0.6 is 0 Å². The predicted octanol–water partition coefficient (Wildman–Crippen LogP) is 3.45. The molecule has 0 amide bonds. The maximum absolute atomic E-state index is 12.1. The zero-order valence-corrected chi connectivity index (χ0v) is 14.0. The molecule has 1 aliphatic heterocycles. The van der Waals surface area contributed by atoms with Crippen LogP contribution in [0.5, 0.6) is 0 Å². The van der Waals surface area contributed by atoms with Gasteiger partial charge < -0.3 is 14.2 Å². The lowest BCUT2D eigenvalue weighted by molar-refractivity contribution is -0.123. The second-order valence-corrected chi connectivity index (χ2v) is 6.08. The van der Waals surface area contributed by atoms with E-state index in [1.54, 1.807) is 48.5 Å². The van der Waals surface area contributed by atoms with Gasteiger partial charge in [-0.2, -0.15) is 0 Å². The highest BCUT2D eigenvalue weighted by Crippen LogP contribution is 2.28. The molecule has 3 unspecified atom stereocenters. The molecule has 1 saturated heterocycles. The van der Waals surface area contributed by atoms with Gasteiger partial charge >= 0.3 is 11.9 Å². The number of hydrogen-bond acceptors (Lipinski definition) is 5. The molecule has 2 aromatic rings. The molecular weight excluding hydrogens is 320 g/mol. The third-order valence-corrected chi connectivity index (χ3v) is 4.07. The van der Waals surface area contributed by atoms with Crippen LogP contribution in [0.15, 0.2) is 60.7 Å². The highest BCUT2D eigenvalue weighted by molar-refractivity contribution is 5.89. The monoisotopic (exact) mass is 340 g/mol. The molecule has 0 aromatic heterocycles. The summed E-state index contributed by atoms with van der Waals surface area (Å²) in [6, 6.07) is 17.6. The summed E-state index contributed by atoms with van der Waals surface area (Å²) in [6.45, 7) is 2.08. The van der Waals surface area contributed by atoms with Crippen molar-refractivity contribution in [2.75, 3.05) is 6.61 Å². The Kier molecular flexibility index (Phi) is 5.46. The normalized spacial score (nSPS) is 22.4. The van der Waals surface area contributed by atoms with E-state index in [0.29, 0.717) is 17.5 Å². The second kappa shape index (κ2) is 7.94. The van der Waals surface area contributed by atoms with Gasteiger partial charge in [0.15, 0.2) is 0 Å². The van der Waals surface area contributed by atoms with Crippen molar-refractivity contribution in [3.63, 3.8) is 0 Å². The topological polar surface area (TPSA) is 61.8 Å². The summed E-state index contributed by atoms with van der Waals surface area (Å²) < 4.78 is 16.5. The highest BCUT2D eigenvalue weighted by Gasteiger charge is 2.35. The largest absolute Gasteiger partial charge is 0.459 e. The van der Waals surface area contributed by atoms with E-state index in [4.69, 9.17) is 14.2 Å². The average molecular weight is 340 g/mol. The Morgan fingerprint density at radius 2 is 1.52 bits per heavy atom. The van der Waals surface area contributed by atoms with Gasteiger partial charge in [-0.05, 0) is 30.7 Å². The second-order valence-electron chi connectivity index (χ2n) is 6.08. The lowest BCUT2D eigenvalue weighted by atomic mass is 10.1. The van der Waals surface area contributed by atoms with Crippen LogP contribution in [-0.4, -0.2) is 30.9 Å². The smallest absolute Gasteiger partial charge is 0.340 e. The molecule has 0 saturated carbocycles. The van der Waals surface area contributed by atoms with Crippen molar-refractivity contribution in [1.82, 2.24) is 0 Å². The molecule has 0 aliphatic carbocycles. The summed E-state index contributed by atoms with van der Waals surface area (Å²) in [4.78, 5) is 24.1. The Labute approximate surface area is 146 Å². The third kappa shape index (κ3) is 4.45. The molecule has 0 spiro atoms. The van der Waals surface area contributed by atoms with Gasteiger partial charge in [-0.15, -0.1) is 0 Å². The van der Waals surface area contributed by atoms with Crippen molar-refractivity contribution in [3.05, 3.63) is 71.8 Å². The van der Waals surface area contributed by atoms with Gasteiger partial charge in [0.2, 0.25) is 6.29 Å². The summed E-state index contributed by atoms with van der Waals surface area (Å²) in [5, 5.41) is 0. The summed E-state index contributed by atoms with van der Waals surface area (Å²) >= 11 is 0. The van der Waals surface area contributed by atoms with Gasteiger partial charge in [0.05, 0.1) is 17.2 Å². The van der Waals surface area contributed by atoms with Gasteiger partial charge in [-0.3, -0.25) is 0 Å². The van der Waals surface area contributed by atoms with Crippen LogP contribution in [0.2, 0.25) is 0 Å². The summed E-state index contributed by atoms with van der Waals surface area (Å²) in [5.74, 6) is -0.769. The van der Waals surface area contributed by atoms with E-state index >= 15 is 0 Å². The first-order valence-electron chi connectivity index (χ1n) is 8.27. The number of hydrogen-bond donors (Lipinski definition) is 0. The fraction of sp³-hybridized carbons (Fsp3) is 0.300. The van der Waals surface area contributed by atoms with E-state index in [2.05, 4.69) is 0 Å². The molecule has 0 N–H and O–H groups in total. The molecule has 0 bridgehead atoms. The van der Waals surface area contributed by atoms with Crippen molar-refractivity contribution in [3.8, 4) is 0 Å². The Bertz CT molecular complexity index is 713. The number of ether oxygens (including phenoxy) is 3. The lowest BCUT2D eigenvalue weighted by Crippen LogP contribution is -2.24. The molecule has 130 valence electrons. The standard InChI is InChI=1S/C20H20O5/c1-14-12-17(13-23-18(21)15-8-4-2-5-9-15)24-20(14)25-19(22)16-10-6-3-7-11-16/h2-11,14,17,20H,12-13H2,1H3. The number of carbonyl (C=O) groups is 2. The quantitative estimate of drug-likeness (QED) is 0.780. The van der Waals surface area contributed by atoms with Crippen molar-refractivity contribution in [2.24, 2.45) is 5.92 Å². The number of carbonyl (C=O) groups excluding carboxylic acids is 2. The van der Waals surface area contributed by atoms with Gasteiger partial charge in [0, 0.05) is 5.92 Å². The molecule has 1 heterocycles. The Morgan fingerprint density at radius 1 is 0.960 bits per heavy atom. The van der Waals surface area contributed by atoms with Crippen molar-refractivity contribution >= 4 is 11.9 Å². The molecule has 3 atom stereocenters. The van der Waals surface area contributed by atoms with Crippen LogP contribution in [0, 0.1) is 5.92 Å². The fourth-order valence-electron chi connectivity index (χ4n) is 2.73. The molecule has 1 fully saturated rings. The molecule has 3 rings (SSSR count). The molecule has 0 radical (unpaired) electrons. The molecular formula is C20H20O5. The molecule has 25 heavy (non-hydrogen) atoms. The van der Waals surface area contributed by atoms with Crippen molar-refractivity contribution < 1.29 is 23.8 Å². The first-order chi connectivity index (χ1) is 12.1. The van der Waals surface area contributed by atoms with Crippen LogP contribution in [0.25, 0.3) is 0 Å². The maximum Gasteiger partial charge on any atom is 0.340 e. The number of rotatable bonds is 5. The fourth-order valence-corrected chi connectivity index (χ4v) is 2.73. The predicted molar refractivity (Wildman–Crippen MR) is 91.0 cm³/mol. The summed E-state index contributed by atoms with van der Waals surface area (Å²) in [6.07, 6.45) is -0.251. The Morgan fingerprint density at radius 3 is 2.12 bits per heavy atom. The van der Waals surface area contributed by atoms with Gasteiger partial charge in [0.25, 0.3) is 0 Å². The zero-order valence-electron chi connectivity index (χ0n) is 14.0. The van der Waals surface area contributed by atoms with Gasteiger partial charge in [-0.1, -0.05) is 43.3 Å². The first-order valence-corrected chi connectivity index (χ1v) is 8.27. The molecule has 5 nitrogen and oxygen atoms in total. The highest BCUT2D eigenvalue weighted by atomic mass is 16.7. The summed E-state index contributed by atoms with van der Waals surface area (Å²) in [5.41, 5.74) is 0.984. The van der Waals surface area contributed by atoms with Crippen LogP contribution in [0.3, 0.4) is 0 Å². The van der Waals surface area contributed by atoms with Crippen molar-refractivity contribution in [1.29, 1.82) is 0 Å². The average Bonchev–Trinajstić information content (AvgIpc) is 3.00. The first kappa shape index (κ1) is 17.2. The maximum atomic E-state index is 12.1. The van der Waals surface area contributed by atoms with Gasteiger partial charge in [-0.25, -0.2) is 9.59 Å².